The number of anilines is 1. The molecule has 0 bridgehead atoms. The van der Waals surface area contributed by atoms with Crippen molar-refractivity contribution in [3.63, 3.8) is 0 Å². The van der Waals surface area contributed by atoms with Crippen molar-refractivity contribution in [2.75, 3.05) is 18.5 Å². The van der Waals surface area contributed by atoms with E-state index in [1.54, 1.807) is 0 Å². The molecule has 1 aliphatic heterocycles. The maximum atomic E-state index is 12.4. The fraction of sp³-hybridized carbons (Fsp3) is 0.316. The molecule has 0 aromatic heterocycles. The number of hydrogen-bond donors (Lipinski definition) is 1. The Morgan fingerprint density at radius 3 is 2.52 bits per heavy atom. The number of carbonyl (C=O) groups is 1. The van der Waals surface area contributed by atoms with Gasteiger partial charge in [0.15, 0.2) is 5.75 Å². The Labute approximate surface area is 136 Å². The molecule has 2 aromatic rings. The van der Waals surface area contributed by atoms with Crippen molar-refractivity contribution in [2.24, 2.45) is 5.92 Å². The number of benzene rings is 2. The molecule has 1 saturated heterocycles. The first kappa shape index (κ1) is 15.6. The van der Waals surface area contributed by atoms with Gasteiger partial charge in [-0.2, -0.15) is 0 Å². The summed E-state index contributed by atoms with van der Waals surface area (Å²) in [6.07, 6.45) is 1.54. The van der Waals surface area contributed by atoms with Crippen LogP contribution in [0.4, 0.5) is 5.69 Å². The summed E-state index contributed by atoms with van der Waals surface area (Å²) in [5.74, 6) is 1.45. The second-order valence-corrected chi connectivity index (χ2v) is 5.79. The Bertz CT molecular complexity index is 661. The zero-order valence-electron chi connectivity index (χ0n) is 13.2. The molecule has 0 atom stereocenters. The van der Waals surface area contributed by atoms with E-state index in [4.69, 9.17) is 9.47 Å². The van der Waals surface area contributed by atoms with Gasteiger partial charge in [0.05, 0.1) is 5.69 Å². The summed E-state index contributed by atoms with van der Waals surface area (Å²) < 4.78 is 11.2. The summed E-state index contributed by atoms with van der Waals surface area (Å²) in [5, 5.41) is 2.99. The normalized spacial score (nSPS) is 15.2. The molecule has 1 N–H and O–H groups in total. The average Bonchev–Trinajstić information content (AvgIpc) is 2.59. The van der Waals surface area contributed by atoms with Gasteiger partial charge in [0.25, 0.3) is 0 Å². The third-order valence-corrected chi connectivity index (χ3v) is 3.99. The average molecular weight is 311 g/mol. The molecule has 1 fully saturated rings. The number of aryl methyl sites for hydroxylation is 1. The highest BCUT2D eigenvalue weighted by Crippen LogP contribution is 2.30. The lowest BCUT2D eigenvalue weighted by molar-refractivity contribution is -0.122. The molecule has 23 heavy (non-hydrogen) atoms. The smallest absolute Gasteiger partial charge is 0.227 e. The molecule has 120 valence electrons. The Hall–Kier alpha value is -2.33. The van der Waals surface area contributed by atoms with E-state index in [-0.39, 0.29) is 11.8 Å². The quantitative estimate of drug-likeness (QED) is 0.922. The van der Waals surface area contributed by atoms with Crippen molar-refractivity contribution >= 4 is 11.6 Å². The Morgan fingerprint density at radius 1 is 1.09 bits per heavy atom. The van der Waals surface area contributed by atoms with Crippen molar-refractivity contribution < 1.29 is 14.3 Å². The highest BCUT2D eigenvalue weighted by atomic mass is 16.5. The summed E-state index contributed by atoms with van der Waals surface area (Å²) >= 11 is 0. The van der Waals surface area contributed by atoms with Gasteiger partial charge in [-0.3, -0.25) is 4.79 Å². The first-order valence-electron chi connectivity index (χ1n) is 7.94. The molecule has 4 nitrogen and oxygen atoms in total. The number of ether oxygens (including phenoxy) is 2. The second-order valence-electron chi connectivity index (χ2n) is 5.79. The predicted octanol–water partition coefficient (Wildman–Crippen LogP) is 4.15. The van der Waals surface area contributed by atoms with Gasteiger partial charge in [0.2, 0.25) is 5.91 Å². The SMILES string of the molecule is Cc1ccc(Oc2ccccc2NC(=O)C2CCOCC2)cc1. The largest absolute Gasteiger partial charge is 0.455 e. The van der Waals surface area contributed by atoms with E-state index in [2.05, 4.69) is 5.32 Å². The van der Waals surface area contributed by atoms with Crippen molar-refractivity contribution in [2.45, 2.75) is 19.8 Å². The standard InChI is InChI=1S/C19H21NO3/c1-14-6-8-16(9-7-14)23-18-5-3-2-4-17(18)20-19(21)15-10-12-22-13-11-15/h2-9,15H,10-13H2,1H3,(H,20,21). The van der Waals surface area contributed by atoms with Crippen LogP contribution in [0.2, 0.25) is 0 Å². The second kappa shape index (κ2) is 7.29. The third-order valence-electron chi connectivity index (χ3n) is 3.99. The number of nitrogens with one attached hydrogen (secondary N) is 1. The van der Waals surface area contributed by atoms with Crippen LogP contribution in [-0.2, 0) is 9.53 Å². The van der Waals surface area contributed by atoms with Crippen LogP contribution < -0.4 is 10.1 Å². The van der Waals surface area contributed by atoms with Crippen LogP contribution in [0.5, 0.6) is 11.5 Å². The molecule has 0 spiro atoms. The Kier molecular flexibility index (Phi) is 4.93. The molecule has 4 heteroatoms. The van der Waals surface area contributed by atoms with Crippen LogP contribution in [0.1, 0.15) is 18.4 Å². The van der Waals surface area contributed by atoms with Crippen LogP contribution in [0.3, 0.4) is 0 Å². The van der Waals surface area contributed by atoms with E-state index < -0.39 is 0 Å². The Balaban J connectivity index is 1.72. The van der Waals surface area contributed by atoms with Crippen LogP contribution in [0.25, 0.3) is 0 Å². The lowest BCUT2D eigenvalue weighted by Gasteiger charge is -2.22. The molecule has 0 unspecified atom stereocenters. The number of rotatable bonds is 4. The summed E-state index contributed by atoms with van der Waals surface area (Å²) in [7, 11) is 0. The molecular weight excluding hydrogens is 290 g/mol. The summed E-state index contributed by atoms with van der Waals surface area (Å²) in [5.41, 5.74) is 1.88. The molecular formula is C19H21NO3. The van der Waals surface area contributed by atoms with Crippen LogP contribution in [0.15, 0.2) is 48.5 Å². The first-order chi connectivity index (χ1) is 11.2. The van der Waals surface area contributed by atoms with E-state index in [0.717, 1.165) is 18.6 Å². The number of amides is 1. The van der Waals surface area contributed by atoms with Crippen molar-refractivity contribution in [3.05, 3.63) is 54.1 Å². The van der Waals surface area contributed by atoms with Crippen molar-refractivity contribution in [1.29, 1.82) is 0 Å². The Morgan fingerprint density at radius 2 is 1.78 bits per heavy atom. The van der Waals surface area contributed by atoms with Gasteiger partial charge in [-0.05, 0) is 44.0 Å². The van der Waals surface area contributed by atoms with Gasteiger partial charge in [-0.15, -0.1) is 0 Å². The van der Waals surface area contributed by atoms with Gasteiger partial charge in [0, 0.05) is 19.1 Å². The van der Waals surface area contributed by atoms with Crippen LogP contribution in [0, 0.1) is 12.8 Å². The molecule has 1 amide bonds. The number of hydrogen-bond acceptors (Lipinski definition) is 3. The zero-order valence-corrected chi connectivity index (χ0v) is 13.2. The maximum absolute atomic E-state index is 12.4. The van der Waals surface area contributed by atoms with E-state index >= 15 is 0 Å². The summed E-state index contributed by atoms with van der Waals surface area (Å²) in [4.78, 5) is 12.4. The van der Waals surface area contributed by atoms with E-state index in [1.165, 1.54) is 5.56 Å². The molecule has 2 aromatic carbocycles. The van der Waals surface area contributed by atoms with E-state index in [1.807, 2.05) is 55.5 Å². The van der Waals surface area contributed by atoms with Crippen molar-refractivity contribution in [1.82, 2.24) is 0 Å². The fourth-order valence-electron chi connectivity index (χ4n) is 2.59. The van der Waals surface area contributed by atoms with Gasteiger partial charge in [-0.1, -0.05) is 29.8 Å². The van der Waals surface area contributed by atoms with Gasteiger partial charge < -0.3 is 14.8 Å². The monoisotopic (exact) mass is 311 g/mol. The van der Waals surface area contributed by atoms with E-state index in [9.17, 15) is 4.79 Å². The van der Waals surface area contributed by atoms with E-state index in [0.29, 0.717) is 24.7 Å². The molecule has 0 radical (unpaired) electrons. The molecule has 1 heterocycles. The predicted molar refractivity (Wildman–Crippen MR) is 89.9 cm³/mol. The number of para-hydroxylation sites is 2. The van der Waals surface area contributed by atoms with Gasteiger partial charge in [-0.25, -0.2) is 0 Å². The maximum Gasteiger partial charge on any atom is 0.227 e. The minimum atomic E-state index is 0.0104. The lowest BCUT2D eigenvalue weighted by atomic mass is 9.99. The minimum Gasteiger partial charge on any atom is -0.455 e. The highest BCUT2D eigenvalue weighted by molar-refractivity contribution is 5.94. The van der Waals surface area contributed by atoms with Crippen LogP contribution in [-0.4, -0.2) is 19.1 Å². The summed E-state index contributed by atoms with van der Waals surface area (Å²) in [6.45, 7) is 3.34. The third kappa shape index (κ3) is 4.11. The van der Waals surface area contributed by atoms with Crippen molar-refractivity contribution in [3.8, 4) is 11.5 Å². The first-order valence-corrected chi connectivity index (χ1v) is 7.94. The summed E-state index contributed by atoms with van der Waals surface area (Å²) in [6, 6.07) is 15.4. The molecule has 3 rings (SSSR count). The number of carbonyl (C=O) groups excluding carboxylic acids is 1. The molecule has 1 aliphatic rings. The van der Waals surface area contributed by atoms with Gasteiger partial charge in [0.1, 0.15) is 5.75 Å². The molecule has 0 saturated carbocycles. The zero-order chi connectivity index (χ0) is 16.1. The minimum absolute atomic E-state index is 0.0104. The van der Waals surface area contributed by atoms with Gasteiger partial charge >= 0.3 is 0 Å². The molecule has 0 aliphatic carbocycles. The lowest BCUT2D eigenvalue weighted by Crippen LogP contribution is -2.28. The fourth-order valence-corrected chi connectivity index (χ4v) is 2.59. The highest BCUT2D eigenvalue weighted by Gasteiger charge is 2.22. The van der Waals surface area contributed by atoms with Crippen LogP contribution >= 0.6 is 0 Å². The topological polar surface area (TPSA) is 47.6 Å².